The average Bonchev–Trinajstić information content (AvgIpc) is 2.87. The largest absolute Gasteiger partial charge is 0.506 e. The molecule has 10 heteroatoms. The standard InChI is InChI=1S/C17H20FN3O5S/c18-13-4-2-12(3-5-13)17(24)19-8-7-11-1-6-14(15(22)9-11)21-10-16(23)20-27(21,25)26/h1-6,9,16,20,22-23,25-26H,7-8,10H2,(H,19,24). The molecule has 1 heterocycles. The molecule has 146 valence electrons. The lowest BCUT2D eigenvalue weighted by molar-refractivity contribution is 0.0954. The van der Waals surface area contributed by atoms with Gasteiger partial charge in [0.25, 0.3) is 5.91 Å². The van der Waals surface area contributed by atoms with Crippen molar-refractivity contribution in [3.63, 3.8) is 0 Å². The van der Waals surface area contributed by atoms with Gasteiger partial charge in [-0.15, -0.1) is 0 Å². The van der Waals surface area contributed by atoms with E-state index in [2.05, 4.69) is 10.0 Å². The van der Waals surface area contributed by atoms with Gasteiger partial charge in [-0.25, -0.2) is 4.39 Å². The van der Waals surface area contributed by atoms with Crippen LogP contribution >= 0.6 is 11.0 Å². The highest BCUT2D eigenvalue weighted by atomic mass is 32.3. The molecule has 1 atom stereocenters. The van der Waals surface area contributed by atoms with Crippen molar-refractivity contribution in [1.29, 1.82) is 0 Å². The molecular weight excluding hydrogens is 377 g/mol. The van der Waals surface area contributed by atoms with Crippen LogP contribution in [0, 0.1) is 5.82 Å². The fraction of sp³-hybridized carbons (Fsp3) is 0.235. The molecule has 0 bridgehead atoms. The summed E-state index contributed by atoms with van der Waals surface area (Å²) in [6, 6.07) is 9.85. The number of hydrogen-bond donors (Lipinski definition) is 6. The number of phenols is 1. The highest BCUT2D eigenvalue weighted by Gasteiger charge is 2.36. The van der Waals surface area contributed by atoms with E-state index in [-0.39, 0.29) is 23.9 Å². The Morgan fingerprint density at radius 1 is 1.26 bits per heavy atom. The summed E-state index contributed by atoms with van der Waals surface area (Å²) in [6.07, 6.45) is -0.687. The minimum Gasteiger partial charge on any atom is -0.506 e. The molecule has 1 saturated heterocycles. The predicted octanol–water partition coefficient (Wildman–Crippen LogP) is 1.81. The minimum absolute atomic E-state index is 0.0804. The van der Waals surface area contributed by atoms with Gasteiger partial charge in [-0.05, 0) is 48.4 Å². The van der Waals surface area contributed by atoms with Gasteiger partial charge in [-0.2, -0.15) is 4.72 Å². The zero-order chi connectivity index (χ0) is 19.6. The SMILES string of the molecule is O=C(NCCc1ccc(N2CC(O)NS2(O)O)c(O)c1)c1ccc(F)cc1. The summed E-state index contributed by atoms with van der Waals surface area (Å²) in [5.41, 5.74) is 1.25. The molecule has 2 aromatic rings. The molecule has 0 aliphatic carbocycles. The van der Waals surface area contributed by atoms with Gasteiger partial charge in [0.05, 0.1) is 6.54 Å². The lowest BCUT2D eigenvalue weighted by Crippen LogP contribution is -2.26. The number of aliphatic hydroxyl groups is 1. The van der Waals surface area contributed by atoms with Gasteiger partial charge < -0.3 is 15.5 Å². The van der Waals surface area contributed by atoms with Gasteiger partial charge in [0.1, 0.15) is 23.5 Å². The van der Waals surface area contributed by atoms with Crippen LogP contribution in [0.5, 0.6) is 5.75 Å². The quantitative estimate of drug-likeness (QED) is 0.454. The van der Waals surface area contributed by atoms with Crippen molar-refractivity contribution in [2.45, 2.75) is 12.6 Å². The molecule has 2 aromatic carbocycles. The van der Waals surface area contributed by atoms with Crippen LogP contribution in [0.25, 0.3) is 0 Å². The van der Waals surface area contributed by atoms with E-state index in [0.717, 1.165) is 9.87 Å². The zero-order valence-corrected chi connectivity index (χ0v) is 15.0. The average molecular weight is 397 g/mol. The van der Waals surface area contributed by atoms with Crippen LogP contribution in [0.3, 0.4) is 0 Å². The van der Waals surface area contributed by atoms with Crippen LogP contribution in [0.4, 0.5) is 10.1 Å². The highest BCUT2D eigenvalue weighted by Crippen LogP contribution is 2.49. The van der Waals surface area contributed by atoms with Crippen LogP contribution in [-0.4, -0.2) is 44.5 Å². The molecule has 6 N–H and O–H groups in total. The summed E-state index contributed by atoms with van der Waals surface area (Å²) >= 11 is 0. The maximum absolute atomic E-state index is 12.9. The predicted molar refractivity (Wildman–Crippen MR) is 99.9 cm³/mol. The number of benzene rings is 2. The fourth-order valence-corrected chi connectivity index (χ4v) is 4.08. The summed E-state index contributed by atoms with van der Waals surface area (Å²) in [7, 11) is -3.40. The molecule has 1 unspecified atom stereocenters. The van der Waals surface area contributed by atoms with E-state index < -0.39 is 23.0 Å². The van der Waals surface area contributed by atoms with E-state index in [1.807, 2.05) is 0 Å². The molecule has 8 nitrogen and oxygen atoms in total. The van der Waals surface area contributed by atoms with Crippen LogP contribution in [0.2, 0.25) is 0 Å². The Morgan fingerprint density at radius 3 is 2.56 bits per heavy atom. The van der Waals surface area contributed by atoms with Crippen LogP contribution in [0.1, 0.15) is 15.9 Å². The first-order valence-corrected chi connectivity index (χ1v) is 9.63. The Hall–Kier alpha value is -2.37. The summed E-state index contributed by atoms with van der Waals surface area (Å²) in [4.78, 5) is 12.0. The van der Waals surface area contributed by atoms with Crippen LogP contribution in [0.15, 0.2) is 42.5 Å². The van der Waals surface area contributed by atoms with Gasteiger partial charge >= 0.3 is 0 Å². The topological polar surface area (TPSA) is 125 Å². The third kappa shape index (κ3) is 4.49. The second-order valence-electron chi connectivity index (χ2n) is 6.05. The van der Waals surface area contributed by atoms with E-state index in [0.29, 0.717) is 18.5 Å². The zero-order valence-electron chi connectivity index (χ0n) is 14.2. The molecule has 0 radical (unpaired) electrons. The Balaban J connectivity index is 1.59. The summed E-state index contributed by atoms with van der Waals surface area (Å²) in [5, 5.41) is 22.4. The molecule has 0 saturated carbocycles. The molecule has 1 aliphatic heterocycles. The number of hydrogen-bond acceptors (Lipinski definition) is 7. The van der Waals surface area contributed by atoms with Crippen molar-refractivity contribution in [2.24, 2.45) is 0 Å². The number of aliphatic hydroxyl groups excluding tert-OH is 1. The van der Waals surface area contributed by atoms with Crippen molar-refractivity contribution in [3.05, 3.63) is 59.4 Å². The highest BCUT2D eigenvalue weighted by molar-refractivity contribution is 8.24. The number of nitrogens with zero attached hydrogens (tertiary/aromatic N) is 1. The first-order chi connectivity index (χ1) is 12.8. The van der Waals surface area contributed by atoms with Crippen molar-refractivity contribution >= 4 is 22.6 Å². The molecule has 1 aliphatic rings. The molecule has 3 rings (SSSR count). The smallest absolute Gasteiger partial charge is 0.251 e. The van der Waals surface area contributed by atoms with Crippen molar-refractivity contribution in [3.8, 4) is 5.75 Å². The Labute approximate surface area is 156 Å². The van der Waals surface area contributed by atoms with Gasteiger partial charge in [-0.1, -0.05) is 17.0 Å². The normalized spacial score (nSPS) is 19.7. The van der Waals surface area contributed by atoms with E-state index in [9.17, 15) is 28.5 Å². The number of anilines is 1. The molecule has 1 amide bonds. The summed E-state index contributed by atoms with van der Waals surface area (Å²) in [5.74, 6) is -0.922. The Morgan fingerprint density at radius 2 is 1.96 bits per heavy atom. The summed E-state index contributed by atoms with van der Waals surface area (Å²) in [6.45, 7) is 0.219. The molecule has 27 heavy (non-hydrogen) atoms. The maximum atomic E-state index is 12.9. The number of carbonyl (C=O) groups excluding carboxylic acids is 1. The maximum Gasteiger partial charge on any atom is 0.251 e. The van der Waals surface area contributed by atoms with E-state index in [1.54, 1.807) is 6.07 Å². The van der Waals surface area contributed by atoms with Crippen molar-refractivity contribution in [1.82, 2.24) is 10.0 Å². The van der Waals surface area contributed by atoms with Crippen molar-refractivity contribution in [2.75, 3.05) is 17.4 Å². The number of phenolic OH excluding ortho intramolecular Hbond substituents is 1. The number of halogens is 1. The number of amides is 1. The van der Waals surface area contributed by atoms with Crippen LogP contribution in [-0.2, 0) is 6.42 Å². The van der Waals surface area contributed by atoms with Crippen LogP contribution < -0.4 is 14.3 Å². The van der Waals surface area contributed by atoms with E-state index >= 15 is 0 Å². The number of aromatic hydroxyl groups is 1. The third-order valence-corrected chi connectivity index (χ3v) is 5.60. The number of β-amino-alcohol motifs (C(OH)–C–C–N with tert-alkyl or cyclic N) is 1. The van der Waals surface area contributed by atoms with Gasteiger partial charge in [0.2, 0.25) is 0 Å². The van der Waals surface area contributed by atoms with Gasteiger partial charge in [-0.3, -0.25) is 18.2 Å². The second-order valence-corrected chi connectivity index (χ2v) is 7.76. The minimum atomic E-state index is -3.40. The Kier molecular flexibility index (Phi) is 5.53. The number of carbonyl (C=O) groups is 1. The van der Waals surface area contributed by atoms with Gasteiger partial charge in [0.15, 0.2) is 0 Å². The molecule has 0 spiro atoms. The number of rotatable bonds is 5. The van der Waals surface area contributed by atoms with Gasteiger partial charge in [0, 0.05) is 12.1 Å². The van der Waals surface area contributed by atoms with E-state index in [1.165, 1.54) is 36.4 Å². The molecule has 0 aromatic heterocycles. The second kappa shape index (κ2) is 7.71. The summed E-state index contributed by atoms with van der Waals surface area (Å²) < 4.78 is 36.0. The Bertz CT molecular complexity index is 834. The first-order valence-electron chi connectivity index (χ1n) is 8.13. The molecule has 1 fully saturated rings. The third-order valence-electron chi connectivity index (χ3n) is 4.05. The van der Waals surface area contributed by atoms with Crippen molar-refractivity contribution < 1.29 is 28.5 Å². The fourth-order valence-electron chi connectivity index (χ4n) is 2.74. The first kappa shape index (κ1) is 19.4. The number of nitrogens with one attached hydrogen (secondary N) is 2. The molecular formula is C17H20FN3O5S. The lowest BCUT2D eigenvalue weighted by atomic mass is 10.1. The lowest BCUT2D eigenvalue weighted by Gasteiger charge is -2.36. The monoisotopic (exact) mass is 397 g/mol. The van der Waals surface area contributed by atoms with E-state index in [4.69, 9.17) is 0 Å².